The molecule has 0 aliphatic heterocycles. The lowest BCUT2D eigenvalue weighted by atomic mass is 10.1. The van der Waals surface area contributed by atoms with Crippen LogP contribution >= 0.6 is 0 Å². The second-order valence-corrected chi connectivity index (χ2v) is 4.59. The Morgan fingerprint density at radius 2 is 2.19 bits per heavy atom. The van der Waals surface area contributed by atoms with Crippen LogP contribution in [0.2, 0.25) is 0 Å². The second-order valence-electron chi connectivity index (χ2n) is 4.59. The monoisotopic (exact) mass is 292 g/mol. The van der Waals surface area contributed by atoms with E-state index in [-0.39, 0.29) is 22.8 Å². The zero-order chi connectivity index (χ0) is 15.6. The molecule has 6 nitrogen and oxygen atoms in total. The highest BCUT2D eigenvalue weighted by molar-refractivity contribution is 6.03. The Morgan fingerprint density at radius 3 is 2.76 bits per heavy atom. The van der Waals surface area contributed by atoms with E-state index >= 15 is 0 Å². The van der Waals surface area contributed by atoms with Gasteiger partial charge < -0.3 is 16.2 Å². The van der Waals surface area contributed by atoms with Gasteiger partial charge in [0.05, 0.1) is 6.61 Å². The van der Waals surface area contributed by atoms with Crippen LogP contribution in [0.5, 0.6) is 5.75 Å². The minimum absolute atomic E-state index is 0.0825. The molecule has 0 saturated carbocycles. The smallest absolute Gasteiger partial charge is 0.254 e. The van der Waals surface area contributed by atoms with E-state index in [9.17, 15) is 9.18 Å². The number of aryl methyl sites for hydroxylation is 1. The van der Waals surface area contributed by atoms with Gasteiger partial charge in [-0.3, -0.25) is 9.48 Å². The van der Waals surface area contributed by atoms with E-state index in [1.165, 1.54) is 16.8 Å². The van der Waals surface area contributed by atoms with Gasteiger partial charge in [-0.25, -0.2) is 4.39 Å². The number of rotatable bonds is 5. The van der Waals surface area contributed by atoms with Gasteiger partial charge in [0.25, 0.3) is 5.91 Å². The summed E-state index contributed by atoms with van der Waals surface area (Å²) in [4.78, 5) is 11.5. The number of hydrogen-bond acceptors (Lipinski definition) is 4. The molecule has 4 N–H and O–H groups in total. The molecule has 1 aromatic heterocycles. The molecular formula is C14H17FN4O2. The van der Waals surface area contributed by atoms with E-state index in [4.69, 9.17) is 16.2 Å². The number of nitrogen functional groups attached to an aromatic ring is 1. The molecule has 21 heavy (non-hydrogen) atoms. The van der Waals surface area contributed by atoms with Crippen molar-refractivity contribution in [2.45, 2.75) is 13.3 Å². The third-order valence-corrected chi connectivity index (χ3v) is 3.00. The molecule has 0 bridgehead atoms. The summed E-state index contributed by atoms with van der Waals surface area (Å²) in [6, 6.07) is 4.36. The summed E-state index contributed by atoms with van der Waals surface area (Å²) >= 11 is 0. The van der Waals surface area contributed by atoms with Gasteiger partial charge in [-0.05, 0) is 24.6 Å². The Labute approximate surface area is 121 Å². The van der Waals surface area contributed by atoms with Crippen LogP contribution in [0.25, 0.3) is 11.3 Å². The number of carbonyl (C=O) groups excluding carboxylic acids is 1. The predicted molar refractivity (Wildman–Crippen MR) is 77.3 cm³/mol. The Hall–Kier alpha value is -2.57. The highest BCUT2D eigenvalue weighted by atomic mass is 19.1. The summed E-state index contributed by atoms with van der Waals surface area (Å²) in [7, 11) is 1.58. The molecule has 0 spiro atoms. The first-order chi connectivity index (χ1) is 9.95. The third-order valence-electron chi connectivity index (χ3n) is 3.00. The van der Waals surface area contributed by atoms with Crippen LogP contribution in [0.15, 0.2) is 18.2 Å². The van der Waals surface area contributed by atoms with E-state index < -0.39 is 11.7 Å². The van der Waals surface area contributed by atoms with Crippen molar-refractivity contribution in [1.82, 2.24) is 9.78 Å². The molecular weight excluding hydrogens is 275 g/mol. The molecule has 1 aromatic carbocycles. The number of halogens is 1. The summed E-state index contributed by atoms with van der Waals surface area (Å²) in [6.45, 7) is 2.36. The molecule has 0 atom stereocenters. The lowest BCUT2D eigenvalue weighted by Gasteiger charge is -2.07. The number of aromatic nitrogens is 2. The number of nitrogens with zero attached hydrogens (tertiary/aromatic N) is 2. The summed E-state index contributed by atoms with van der Waals surface area (Å²) in [5.41, 5.74) is 11.8. The standard InChI is InChI=1S/C14H17FN4O2/c1-3-6-21-10-5-4-8(7-9(10)15)12-11(14(17)20)13(16)19(2)18-12/h4-5,7H,3,6,16H2,1-2H3,(H2,17,20). The van der Waals surface area contributed by atoms with E-state index in [1.54, 1.807) is 13.1 Å². The van der Waals surface area contributed by atoms with Crippen molar-refractivity contribution in [3.8, 4) is 17.0 Å². The Morgan fingerprint density at radius 1 is 1.48 bits per heavy atom. The SMILES string of the molecule is CCCOc1ccc(-c2nn(C)c(N)c2C(N)=O)cc1F. The molecule has 0 aliphatic carbocycles. The molecule has 2 rings (SSSR count). The fourth-order valence-electron chi connectivity index (χ4n) is 1.96. The summed E-state index contributed by atoms with van der Waals surface area (Å²) in [5, 5.41) is 4.12. The fraction of sp³-hybridized carbons (Fsp3) is 0.286. The van der Waals surface area contributed by atoms with E-state index in [2.05, 4.69) is 5.10 Å². The summed E-state index contributed by atoms with van der Waals surface area (Å²) < 4.78 is 20.6. The van der Waals surface area contributed by atoms with Crippen molar-refractivity contribution in [2.24, 2.45) is 12.8 Å². The average Bonchev–Trinajstić information content (AvgIpc) is 2.73. The van der Waals surface area contributed by atoms with Gasteiger partial charge in [0, 0.05) is 12.6 Å². The van der Waals surface area contributed by atoms with Crippen molar-refractivity contribution < 1.29 is 13.9 Å². The minimum Gasteiger partial charge on any atom is -0.491 e. The molecule has 0 saturated heterocycles. The maximum atomic E-state index is 14.0. The average molecular weight is 292 g/mol. The first kappa shape index (κ1) is 14.8. The Bertz CT molecular complexity index is 682. The Kier molecular flexibility index (Phi) is 4.11. The molecule has 112 valence electrons. The zero-order valence-corrected chi connectivity index (χ0v) is 11.9. The fourth-order valence-corrected chi connectivity index (χ4v) is 1.96. The zero-order valence-electron chi connectivity index (χ0n) is 11.9. The lowest BCUT2D eigenvalue weighted by molar-refractivity contribution is 0.100. The van der Waals surface area contributed by atoms with Crippen LogP contribution in [0.1, 0.15) is 23.7 Å². The maximum Gasteiger partial charge on any atom is 0.254 e. The summed E-state index contributed by atoms with van der Waals surface area (Å²) in [5.74, 6) is -0.933. The third kappa shape index (κ3) is 2.81. The lowest BCUT2D eigenvalue weighted by Crippen LogP contribution is -2.14. The maximum absolute atomic E-state index is 14.0. The Balaban J connectivity index is 2.46. The highest BCUT2D eigenvalue weighted by Crippen LogP contribution is 2.29. The van der Waals surface area contributed by atoms with Crippen LogP contribution in [0.3, 0.4) is 0 Å². The first-order valence-corrected chi connectivity index (χ1v) is 6.50. The van der Waals surface area contributed by atoms with Crippen molar-refractivity contribution in [3.05, 3.63) is 29.6 Å². The molecule has 0 fully saturated rings. The van der Waals surface area contributed by atoms with Crippen molar-refractivity contribution in [1.29, 1.82) is 0 Å². The topological polar surface area (TPSA) is 96.2 Å². The number of carbonyl (C=O) groups is 1. The number of ether oxygens (including phenoxy) is 1. The highest BCUT2D eigenvalue weighted by Gasteiger charge is 2.21. The first-order valence-electron chi connectivity index (χ1n) is 6.50. The molecule has 0 aliphatic rings. The number of benzene rings is 1. The second kappa shape index (κ2) is 5.82. The van der Waals surface area contributed by atoms with Crippen LogP contribution in [-0.2, 0) is 7.05 Å². The van der Waals surface area contributed by atoms with Gasteiger partial charge in [-0.2, -0.15) is 5.10 Å². The van der Waals surface area contributed by atoms with Gasteiger partial charge in [-0.15, -0.1) is 0 Å². The predicted octanol–water partition coefficient (Wildman–Crippen LogP) is 1.70. The summed E-state index contributed by atoms with van der Waals surface area (Å²) in [6.07, 6.45) is 0.782. The van der Waals surface area contributed by atoms with Crippen molar-refractivity contribution in [2.75, 3.05) is 12.3 Å². The molecule has 0 unspecified atom stereocenters. The van der Waals surface area contributed by atoms with E-state index in [0.29, 0.717) is 12.2 Å². The van der Waals surface area contributed by atoms with Crippen molar-refractivity contribution >= 4 is 11.7 Å². The number of anilines is 1. The molecule has 7 heteroatoms. The number of nitrogens with two attached hydrogens (primary N) is 2. The number of hydrogen-bond donors (Lipinski definition) is 2. The van der Waals surface area contributed by atoms with Crippen molar-refractivity contribution in [3.63, 3.8) is 0 Å². The largest absolute Gasteiger partial charge is 0.491 e. The van der Waals surface area contributed by atoms with Gasteiger partial charge in [0.15, 0.2) is 11.6 Å². The van der Waals surface area contributed by atoms with Gasteiger partial charge in [0.2, 0.25) is 0 Å². The van der Waals surface area contributed by atoms with Crippen LogP contribution < -0.4 is 16.2 Å². The molecule has 1 heterocycles. The van der Waals surface area contributed by atoms with Gasteiger partial charge in [-0.1, -0.05) is 6.92 Å². The number of primary amides is 1. The molecule has 2 aromatic rings. The minimum atomic E-state index is -0.706. The quantitative estimate of drug-likeness (QED) is 0.876. The van der Waals surface area contributed by atoms with Gasteiger partial charge >= 0.3 is 0 Å². The van der Waals surface area contributed by atoms with Crippen LogP contribution in [-0.4, -0.2) is 22.3 Å². The van der Waals surface area contributed by atoms with Crippen LogP contribution in [0, 0.1) is 5.82 Å². The number of amides is 1. The van der Waals surface area contributed by atoms with Crippen LogP contribution in [0.4, 0.5) is 10.2 Å². The molecule has 1 amide bonds. The van der Waals surface area contributed by atoms with Gasteiger partial charge in [0.1, 0.15) is 17.1 Å². The normalized spacial score (nSPS) is 10.6. The van der Waals surface area contributed by atoms with E-state index in [1.807, 2.05) is 6.92 Å². The molecule has 0 radical (unpaired) electrons. The van der Waals surface area contributed by atoms with E-state index in [0.717, 1.165) is 6.42 Å².